The lowest BCUT2D eigenvalue weighted by molar-refractivity contribution is -0.171. The van der Waals surface area contributed by atoms with Gasteiger partial charge in [-0.05, 0) is 38.3 Å². The first-order chi connectivity index (χ1) is 12.3. The van der Waals surface area contributed by atoms with Gasteiger partial charge in [-0.2, -0.15) is 0 Å². The molecule has 1 aromatic rings. The average molecular weight is 471 g/mol. The van der Waals surface area contributed by atoms with E-state index >= 15 is 0 Å². The summed E-state index contributed by atoms with van der Waals surface area (Å²) in [6, 6.07) is 10.4. The zero-order valence-electron chi connectivity index (χ0n) is 15.4. The quantitative estimate of drug-likeness (QED) is 0.290. The Kier molecular flexibility index (Phi) is 6.66. The molecule has 0 aromatic heterocycles. The van der Waals surface area contributed by atoms with Gasteiger partial charge in [-0.25, -0.2) is 4.99 Å². The van der Waals surface area contributed by atoms with E-state index in [4.69, 9.17) is 14.5 Å². The van der Waals surface area contributed by atoms with Gasteiger partial charge in [0.05, 0.1) is 12.6 Å². The number of fused-ring (bicyclic) bond motifs is 2. The Hall–Kier alpha value is -1.02. The fourth-order valence-corrected chi connectivity index (χ4v) is 4.76. The highest BCUT2D eigenvalue weighted by molar-refractivity contribution is 14.0. The fourth-order valence-electron chi connectivity index (χ4n) is 4.76. The number of benzene rings is 1. The standard InChI is InChI=1S/C20H29N3O2.HI/c1-2-21-19(22-12-14-24-15-7-4-3-5-8-15)23-17-16-9-13-25-18(16)20(17)10-6-11-20;/h3-5,7-8,16-18H,2,6,9-14H2,1H3,(H2,21,22,23);1H. The lowest BCUT2D eigenvalue weighted by Crippen LogP contribution is -2.72. The molecule has 2 saturated carbocycles. The van der Waals surface area contributed by atoms with Gasteiger partial charge in [0.2, 0.25) is 0 Å². The van der Waals surface area contributed by atoms with Crippen LogP contribution < -0.4 is 15.4 Å². The van der Waals surface area contributed by atoms with E-state index in [1.807, 2.05) is 30.3 Å². The molecule has 0 amide bonds. The first kappa shape index (κ1) is 19.7. The molecule has 1 heterocycles. The molecular formula is C20H30IN3O2. The minimum atomic E-state index is 0. The minimum Gasteiger partial charge on any atom is -0.492 e. The summed E-state index contributed by atoms with van der Waals surface area (Å²) in [5.74, 6) is 2.47. The first-order valence-electron chi connectivity index (χ1n) is 9.68. The summed E-state index contributed by atoms with van der Waals surface area (Å²) in [6.45, 7) is 5.14. The Bertz CT molecular complexity index is 606. The Balaban J connectivity index is 0.00000196. The molecule has 1 aromatic carbocycles. The van der Waals surface area contributed by atoms with Crippen molar-refractivity contribution in [3.8, 4) is 5.75 Å². The number of para-hydroxylation sites is 1. The van der Waals surface area contributed by atoms with Crippen LogP contribution in [-0.2, 0) is 4.74 Å². The zero-order chi connectivity index (χ0) is 17.1. The average Bonchev–Trinajstić information content (AvgIpc) is 3.01. The minimum absolute atomic E-state index is 0. The van der Waals surface area contributed by atoms with Gasteiger partial charge in [0.25, 0.3) is 0 Å². The Morgan fingerprint density at radius 3 is 2.81 bits per heavy atom. The second-order valence-electron chi connectivity index (χ2n) is 7.37. The van der Waals surface area contributed by atoms with E-state index in [1.165, 1.54) is 25.7 Å². The van der Waals surface area contributed by atoms with Gasteiger partial charge in [-0.3, -0.25) is 0 Å². The molecule has 3 atom stereocenters. The number of ether oxygens (including phenoxy) is 2. The van der Waals surface area contributed by atoms with Crippen LogP contribution in [0.5, 0.6) is 5.75 Å². The molecule has 144 valence electrons. The Morgan fingerprint density at radius 1 is 1.31 bits per heavy atom. The van der Waals surface area contributed by atoms with E-state index in [-0.39, 0.29) is 24.0 Å². The third kappa shape index (κ3) is 3.67. The van der Waals surface area contributed by atoms with E-state index in [0.717, 1.165) is 24.9 Å². The molecular weight excluding hydrogens is 441 g/mol. The number of hydrogen-bond donors (Lipinski definition) is 2. The summed E-state index contributed by atoms with van der Waals surface area (Å²) in [7, 11) is 0. The number of nitrogens with zero attached hydrogens (tertiary/aromatic N) is 1. The van der Waals surface area contributed by atoms with Crippen molar-refractivity contribution in [2.45, 2.75) is 44.8 Å². The molecule has 1 saturated heterocycles. The smallest absolute Gasteiger partial charge is 0.191 e. The maximum atomic E-state index is 6.01. The van der Waals surface area contributed by atoms with Crippen LogP contribution in [0, 0.1) is 11.3 Å². The molecule has 1 spiro atoms. The highest BCUT2D eigenvalue weighted by Crippen LogP contribution is 2.62. The molecule has 3 unspecified atom stereocenters. The molecule has 3 aliphatic rings. The van der Waals surface area contributed by atoms with Crippen LogP contribution in [0.2, 0.25) is 0 Å². The molecule has 5 nitrogen and oxygen atoms in total. The van der Waals surface area contributed by atoms with Gasteiger partial charge < -0.3 is 20.1 Å². The molecule has 2 aliphatic carbocycles. The van der Waals surface area contributed by atoms with Gasteiger partial charge in [0.1, 0.15) is 12.4 Å². The molecule has 6 heteroatoms. The zero-order valence-corrected chi connectivity index (χ0v) is 17.8. The number of aliphatic imine (C=N–C) groups is 1. The van der Waals surface area contributed by atoms with Crippen LogP contribution in [0.3, 0.4) is 0 Å². The topological polar surface area (TPSA) is 54.9 Å². The van der Waals surface area contributed by atoms with Crippen LogP contribution in [-0.4, -0.2) is 44.4 Å². The fraction of sp³-hybridized carbons (Fsp3) is 0.650. The van der Waals surface area contributed by atoms with Crippen LogP contribution in [0.1, 0.15) is 32.6 Å². The third-order valence-corrected chi connectivity index (χ3v) is 6.05. The lowest BCUT2D eigenvalue weighted by atomic mass is 9.46. The molecule has 4 rings (SSSR count). The summed E-state index contributed by atoms with van der Waals surface area (Å²) < 4.78 is 11.7. The molecule has 0 bridgehead atoms. The second-order valence-corrected chi connectivity index (χ2v) is 7.37. The molecule has 1 aliphatic heterocycles. The van der Waals surface area contributed by atoms with Gasteiger partial charge in [0, 0.05) is 30.5 Å². The van der Waals surface area contributed by atoms with Crippen molar-refractivity contribution in [3.63, 3.8) is 0 Å². The van der Waals surface area contributed by atoms with Crippen molar-refractivity contribution in [3.05, 3.63) is 30.3 Å². The van der Waals surface area contributed by atoms with Crippen LogP contribution >= 0.6 is 24.0 Å². The summed E-state index contributed by atoms with van der Waals surface area (Å²) in [4.78, 5) is 4.72. The predicted octanol–water partition coefficient (Wildman–Crippen LogP) is 3.20. The Labute approximate surface area is 173 Å². The molecule has 26 heavy (non-hydrogen) atoms. The van der Waals surface area contributed by atoms with Gasteiger partial charge in [0.15, 0.2) is 5.96 Å². The summed E-state index contributed by atoms with van der Waals surface area (Å²) in [5, 5.41) is 7.11. The van der Waals surface area contributed by atoms with E-state index in [9.17, 15) is 0 Å². The highest BCUT2D eigenvalue weighted by atomic mass is 127. The maximum absolute atomic E-state index is 6.01. The van der Waals surface area contributed by atoms with Gasteiger partial charge in [-0.1, -0.05) is 24.6 Å². The normalized spacial score (nSPS) is 28.3. The van der Waals surface area contributed by atoms with Crippen LogP contribution in [0.25, 0.3) is 0 Å². The van der Waals surface area contributed by atoms with Crippen molar-refractivity contribution in [2.75, 3.05) is 26.3 Å². The van der Waals surface area contributed by atoms with Crippen LogP contribution in [0.15, 0.2) is 35.3 Å². The maximum Gasteiger partial charge on any atom is 0.191 e. The number of hydrogen-bond acceptors (Lipinski definition) is 3. The Morgan fingerprint density at radius 2 is 2.12 bits per heavy atom. The number of nitrogens with one attached hydrogen (secondary N) is 2. The SMILES string of the molecule is CCNC(=NCCOc1ccccc1)NC1C2CCOC2C12CCC2.I. The van der Waals surface area contributed by atoms with Crippen molar-refractivity contribution < 1.29 is 9.47 Å². The summed E-state index contributed by atoms with van der Waals surface area (Å²) in [6.07, 6.45) is 5.59. The van der Waals surface area contributed by atoms with E-state index in [1.54, 1.807) is 0 Å². The van der Waals surface area contributed by atoms with E-state index in [2.05, 4.69) is 17.6 Å². The summed E-state index contributed by atoms with van der Waals surface area (Å²) in [5.41, 5.74) is 0.373. The first-order valence-corrected chi connectivity index (χ1v) is 9.68. The summed E-state index contributed by atoms with van der Waals surface area (Å²) >= 11 is 0. The number of guanidine groups is 1. The van der Waals surface area contributed by atoms with Crippen molar-refractivity contribution in [1.82, 2.24) is 10.6 Å². The molecule has 3 fully saturated rings. The third-order valence-electron chi connectivity index (χ3n) is 6.05. The lowest BCUT2D eigenvalue weighted by Gasteiger charge is -2.63. The van der Waals surface area contributed by atoms with Crippen molar-refractivity contribution in [1.29, 1.82) is 0 Å². The van der Waals surface area contributed by atoms with Crippen molar-refractivity contribution in [2.24, 2.45) is 16.3 Å². The predicted molar refractivity (Wildman–Crippen MR) is 114 cm³/mol. The number of halogens is 1. The van der Waals surface area contributed by atoms with Crippen LogP contribution in [0.4, 0.5) is 0 Å². The monoisotopic (exact) mass is 471 g/mol. The van der Waals surface area contributed by atoms with Gasteiger partial charge >= 0.3 is 0 Å². The highest BCUT2D eigenvalue weighted by Gasteiger charge is 2.66. The molecule has 2 N–H and O–H groups in total. The van der Waals surface area contributed by atoms with E-state index in [0.29, 0.717) is 36.6 Å². The van der Waals surface area contributed by atoms with Gasteiger partial charge in [-0.15, -0.1) is 24.0 Å². The van der Waals surface area contributed by atoms with Crippen molar-refractivity contribution >= 4 is 29.9 Å². The second kappa shape index (κ2) is 8.78. The molecule has 0 radical (unpaired) electrons. The number of rotatable bonds is 6. The largest absolute Gasteiger partial charge is 0.492 e. The van der Waals surface area contributed by atoms with E-state index < -0.39 is 0 Å².